The quantitative estimate of drug-likeness (QED) is 0.607. The molecule has 0 bridgehead atoms. The van der Waals surface area contributed by atoms with E-state index in [-0.39, 0.29) is 11.6 Å². The Hall–Kier alpha value is -1.56. The molecule has 1 heterocycles. The third-order valence-electron chi connectivity index (χ3n) is 2.13. The van der Waals surface area contributed by atoms with Crippen LogP contribution in [0.15, 0.2) is 18.2 Å². The number of nitrogens with zero attached hydrogens (tertiary/aromatic N) is 1. The molecule has 1 atom stereocenters. The molecule has 1 aromatic carbocycles. The van der Waals surface area contributed by atoms with Crippen LogP contribution in [0.2, 0.25) is 0 Å². The topological polar surface area (TPSA) is 33.0 Å². The molecule has 1 unspecified atom stereocenters. The lowest BCUT2D eigenvalue weighted by molar-refractivity contribution is 0.214. The third-order valence-corrected chi connectivity index (χ3v) is 2.13. The molecule has 66 valence electrons. The molecule has 0 fully saturated rings. The summed E-state index contributed by atoms with van der Waals surface area (Å²) in [5.41, 5.74) is 0.853. The molecule has 0 amide bonds. The molecule has 0 N–H and O–H groups in total. The van der Waals surface area contributed by atoms with Crippen LogP contribution in [0.1, 0.15) is 12.0 Å². The summed E-state index contributed by atoms with van der Waals surface area (Å²) in [5.74, 6) is -0.127. The molecule has 0 saturated carbocycles. The number of benzene rings is 1. The first kappa shape index (κ1) is 8.06. The maximum absolute atomic E-state index is 13.1. The van der Waals surface area contributed by atoms with Crippen LogP contribution >= 0.6 is 0 Å². The lowest BCUT2D eigenvalue weighted by Crippen LogP contribution is -2.21. The van der Waals surface area contributed by atoms with Gasteiger partial charge in [0.05, 0.1) is 0 Å². The van der Waals surface area contributed by atoms with Crippen LogP contribution in [0, 0.1) is 17.1 Å². The van der Waals surface area contributed by atoms with E-state index in [0.717, 1.165) is 5.56 Å². The van der Waals surface area contributed by atoms with Gasteiger partial charge in [0, 0.05) is 6.42 Å². The van der Waals surface area contributed by atoms with E-state index in [0.29, 0.717) is 12.8 Å². The van der Waals surface area contributed by atoms with Gasteiger partial charge >= 0.3 is 0 Å². The van der Waals surface area contributed by atoms with E-state index < -0.39 is 6.10 Å². The van der Waals surface area contributed by atoms with Crippen LogP contribution in [0.3, 0.4) is 0 Å². The van der Waals surface area contributed by atoms with Crippen molar-refractivity contribution in [2.75, 3.05) is 0 Å². The van der Waals surface area contributed by atoms with Gasteiger partial charge in [0.2, 0.25) is 0 Å². The number of hydrogen-bond donors (Lipinski definition) is 0. The summed E-state index contributed by atoms with van der Waals surface area (Å²) in [6, 6.07) is 6.81. The number of ether oxygens (including phenoxy) is 1. The van der Waals surface area contributed by atoms with Gasteiger partial charge in [-0.05, 0) is 18.1 Å². The maximum Gasteiger partial charge on any atom is 0.184 e. The zero-order valence-corrected chi connectivity index (χ0v) is 6.96. The fraction of sp³-hybridized carbons (Fsp3) is 0.300. The Morgan fingerprint density at radius 3 is 3.15 bits per heavy atom. The Morgan fingerprint density at radius 2 is 2.38 bits per heavy atom. The van der Waals surface area contributed by atoms with Crippen molar-refractivity contribution in [1.82, 2.24) is 0 Å². The summed E-state index contributed by atoms with van der Waals surface area (Å²) < 4.78 is 18.3. The van der Waals surface area contributed by atoms with Crippen molar-refractivity contribution in [1.29, 1.82) is 5.26 Å². The third kappa shape index (κ3) is 1.35. The molecule has 1 aliphatic heterocycles. The lowest BCUT2D eigenvalue weighted by atomic mass is 10.0. The van der Waals surface area contributed by atoms with Gasteiger partial charge in [-0.2, -0.15) is 5.26 Å². The lowest BCUT2D eigenvalue weighted by Gasteiger charge is -2.21. The summed E-state index contributed by atoms with van der Waals surface area (Å²) in [7, 11) is 0. The minimum atomic E-state index is -0.496. The average molecular weight is 177 g/mol. The molecule has 0 radical (unpaired) electrons. The highest BCUT2D eigenvalue weighted by atomic mass is 19.1. The van der Waals surface area contributed by atoms with Gasteiger partial charge in [-0.1, -0.05) is 12.1 Å². The molecule has 0 aliphatic carbocycles. The highest BCUT2D eigenvalue weighted by Gasteiger charge is 2.21. The van der Waals surface area contributed by atoms with Crippen molar-refractivity contribution in [2.45, 2.75) is 18.9 Å². The van der Waals surface area contributed by atoms with E-state index in [1.54, 1.807) is 6.07 Å². The Labute approximate surface area is 75.6 Å². The minimum Gasteiger partial charge on any atom is -0.472 e. The molecular formula is C10H8FNO. The van der Waals surface area contributed by atoms with Gasteiger partial charge in [0.15, 0.2) is 17.7 Å². The summed E-state index contributed by atoms with van der Waals surface area (Å²) >= 11 is 0. The van der Waals surface area contributed by atoms with Crippen LogP contribution in [0.25, 0.3) is 0 Å². The van der Waals surface area contributed by atoms with Crippen molar-refractivity contribution in [2.24, 2.45) is 0 Å². The Morgan fingerprint density at radius 1 is 1.54 bits per heavy atom. The molecule has 0 saturated heterocycles. The van der Waals surface area contributed by atoms with Crippen LogP contribution in [0.4, 0.5) is 4.39 Å². The highest BCUT2D eigenvalue weighted by molar-refractivity contribution is 5.37. The Kier molecular flexibility index (Phi) is 1.90. The summed E-state index contributed by atoms with van der Waals surface area (Å²) in [6.07, 6.45) is 0.863. The zero-order chi connectivity index (χ0) is 9.26. The molecular weight excluding hydrogens is 169 g/mol. The predicted molar refractivity (Wildman–Crippen MR) is 44.8 cm³/mol. The first-order chi connectivity index (χ1) is 6.31. The fourth-order valence-corrected chi connectivity index (χ4v) is 1.46. The SMILES string of the molecule is N#CC1CCc2cccc(F)c2O1. The largest absolute Gasteiger partial charge is 0.472 e. The zero-order valence-electron chi connectivity index (χ0n) is 6.96. The molecule has 1 aliphatic rings. The second-order valence-electron chi connectivity index (χ2n) is 3.00. The first-order valence-electron chi connectivity index (χ1n) is 4.15. The van der Waals surface area contributed by atoms with Gasteiger partial charge in [-0.3, -0.25) is 0 Å². The number of hydrogen-bond acceptors (Lipinski definition) is 2. The second kappa shape index (κ2) is 3.06. The van der Waals surface area contributed by atoms with Gasteiger partial charge in [0.25, 0.3) is 0 Å². The molecule has 0 spiro atoms. The number of fused-ring (bicyclic) bond motifs is 1. The summed E-state index contributed by atoms with van der Waals surface area (Å²) in [5, 5.41) is 8.61. The number of halogens is 1. The summed E-state index contributed by atoms with van der Waals surface area (Å²) in [4.78, 5) is 0. The van der Waals surface area contributed by atoms with Gasteiger partial charge < -0.3 is 4.74 Å². The van der Waals surface area contributed by atoms with Crippen molar-refractivity contribution >= 4 is 0 Å². The Balaban J connectivity index is 2.39. The predicted octanol–water partition coefficient (Wildman–Crippen LogP) is 2.04. The smallest absolute Gasteiger partial charge is 0.184 e. The van der Waals surface area contributed by atoms with E-state index in [1.807, 2.05) is 12.1 Å². The molecule has 13 heavy (non-hydrogen) atoms. The van der Waals surface area contributed by atoms with E-state index in [1.165, 1.54) is 6.07 Å². The number of nitriles is 1. The normalized spacial score (nSPS) is 19.8. The minimum absolute atomic E-state index is 0.250. The van der Waals surface area contributed by atoms with Crippen molar-refractivity contribution < 1.29 is 9.13 Å². The molecule has 1 aromatic rings. The fourth-order valence-electron chi connectivity index (χ4n) is 1.46. The van der Waals surface area contributed by atoms with Gasteiger partial charge in [0.1, 0.15) is 6.07 Å². The van der Waals surface area contributed by atoms with Crippen LogP contribution in [-0.4, -0.2) is 6.10 Å². The van der Waals surface area contributed by atoms with Gasteiger partial charge in [-0.25, -0.2) is 4.39 Å². The molecule has 0 aromatic heterocycles. The van der Waals surface area contributed by atoms with Crippen molar-refractivity contribution in [3.63, 3.8) is 0 Å². The first-order valence-corrected chi connectivity index (χ1v) is 4.15. The molecule has 3 heteroatoms. The van der Waals surface area contributed by atoms with E-state index in [2.05, 4.69) is 0 Å². The summed E-state index contributed by atoms with van der Waals surface area (Å²) in [6.45, 7) is 0. The Bertz CT molecular complexity index is 370. The van der Waals surface area contributed by atoms with Crippen molar-refractivity contribution in [3.8, 4) is 11.8 Å². The molecule has 2 rings (SSSR count). The van der Waals surface area contributed by atoms with E-state index >= 15 is 0 Å². The monoisotopic (exact) mass is 177 g/mol. The second-order valence-corrected chi connectivity index (χ2v) is 3.00. The average Bonchev–Trinajstić information content (AvgIpc) is 2.18. The van der Waals surface area contributed by atoms with E-state index in [4.69, 9.17) is 10.00 Å². The van der Waals surface area contributed by atoms with Crippen molar-refractivity contribution in [3.05, 3.63) is 29.6 Å². The van der Waals surface area contributed by atoms with Crippen LogP contribution in [-0.2, 0) is 6.42 Å². The van der Waals surface area contributed by atoms with Gasteiger partial charge in [-0.15, -0.1) is 0 Å². The molecule has 2 nitrogen and oxygen atoms in total. The highest BCUT2D eigenvalue weighted by Crippen LogP contribution is 2.29. The number of para-hydroxylation sites is 1. The van der Waals surface area contributed by atoms with E-state index in [9.17, 15) is 4.39 Å². The standard InChI is InChI=1S/C10H8FNO/c11-9-3-1-2-7-4-5-8(6-12)13-10(7)9/h1-3,8H,4-5H2. The number of aryl methyl sites for hydroxylation is 1. The maximum atomic E-state index is 13.1. The van der Waals surface area contributed by atoms with Crippen LogP contribution < -0.4 is 4.74 Å². The van der Waals surface area contributed by atoms with Crippen LogP contribution in [0.5, 0.6) is 5.75 Å². The number of rotatable bonds is 0.